The van der Waals surface area contributed by atoms with E-state index in [4.69, 9.17) is 4.74 Å². The number of carbonyl (C=O) groups is 2. The average Bonchev–Trinajstić information content (AvgIpc) is 3.14. The molecule has 3 aromatic rings. The fourth-order valence-corrected chi connectivity index (χ4v) is 6.22. The summed E-state index contributed by atoms with van der Waals surface area (Å²) >= 11 is 0. The zero-order valence-electron chi connectivity index (χ0n) is 23.1. The Morgan fingerprint density at radius 2 is 1.50 bits per heavy atom. The first-order valence-electron chi connectivity index (χ1n) is 13.1. The number of fused-ring (bicyclic) bond motifs is 2. The number of hydrogen-bond donors (Lipinski definition) is 1. The minimum absolute atomic E-state index is 0.422. The maximum Gasteiger partial charge on any atom is 0.421 e. The van der Waals surface area contributed by atoms with E-state index in [1.807, 2.05) is 67.6 Å². The lowest BCUT2D eigenvalue weighted by molar-refractivity contribution is -0.124. The van der Waals surface area contributed by atoms with Gasteiger partial charge >= 0.3 is 6.09 Å². The molecule has 196 valence electrons. The van der Waals surface area contributed by atoms with Crippen molar-refractivity contribution >= 4 is 23.8 Å². The molecule has 0 fully saturated rings. The highest BCUT2D eigenvalue weighted by Gasteiger charge is 2.60. The molecule has 1 heterocycles. The van der Waals surface area contributed by atoms with Crippen LogP contribution in [-0.4, -0.2) is 22.7 Å². The van der Waals surface area contributed by atoms with Crippen molar-refractivity contribution in [2.24, 2.45) is 5.92 Å². The highest BCUT2D eigenvalue weighted by atomic mass is 16.6. The van der Waals surface area contributed by atoms with Crippen LogP contribution in [0.25, 0.3) is 6.08 Å². The molecule has 5 rings (SSSR count). The number of ether oxygens (including phenoxy) is 1. The topological polar surface area (TPSA) is 66.8 Å². The number of nitrogens with zero attached hydrogens (tertiary/aromatic N) is 1. The molecule has 3 aromatic carbocycles. The van der Waals surface area contributed by atoms with Gasteiger partial charge in [0.05, 0.1) is 11.8 Å². The molecular weight excluding hydrogens is 474 g/mol. The number of carbonyl (C=O) groups excluding carboxylic acids is 2. The Hall–Kier alpha value is -3.70. The number of para-hydroxylation sites is 1. The van der Waals surface area contributed by atoms with Crippen LogP contribution in [0.4, 0.5) is 10.5 Å². The van der Waals surface area contributed by atoms with E-state index in [-0.39, 0.29) is 0 Å². The van der Waals surface area contributed by atoms with E-state index in [2.05, 4.69) is 20.8 Å². The molecule has 2 amide bonds. The Kier molecular flexibility index (Phi) is 6.11. The minimum Gasteiger partial charge on any atom is -0.443 e. The van der Waals surface area contributed by atoms with E-state index < -0.39 is 35.0 Å². The molecule has 1 aliphatic carbocycles. The molecule has 5 nitrogen and oxygen atoms in total. The molecule has 1 aliphatic heterocycles. The third kappa shape index (κ3) is 3.64. The second-order valence-corrected chi connectivity index (χ2v) is 11.5. The number of rotatable bonds is 2. The summed E-state index contributed by atoms with van der Waals surface area (Å²) in [4.78, 5) is 29.4. The van der Waals surface area contributed by atoms with Crippen molar-refractivity contribution in [3.05, 3.63) is 105 Å². The number of hydrogen-bond acceptors (Lipinski definition) is 4. The van der Waals surface area contributed by atoms with Gasteiger partial charge in [-0.25, -0.2) is 9.69 Å². The number of aliphatic hydroxyl groups excluding tert-OH is 1. The summed E-state index contributed by atoms with van der Waals surface area (Å²) in [5, 5.41) is 12.1. The molecule has 0 radical (unpaired) electrons. The maximum atomic E-state index is 14.7. The van der Waals surface area contributed by atoms with E-state index in [9.17, 15) is 14.7 Å². The molecule has 0 saturated heterocycles. The van der Waals surface area contributed by atoms with Gasteiger partial charge in [-0.2, -0.15) is 0 Å². The number of imide groups is 1. The third-order valence-corrected chi connectivity index (χ3v) is 8.31. The molecule has 3 unspecified atom stereocenters. The van der Waals surface area contributed by atoms with Crippen LogP contribution in [0.5, 0.6) is 0 Å². The second-order valence-electron chi connectivity index (χ2n) is 11.5. The summed E-state index contributed by atoms with van der Waals surface area (Å²) < 4.78 is 5.70. The van der Waals surface area contributed by atoms with E-state index in [1.54, 1.807) is 26.8 Å². The van der Waals surface area contributed by atoms with Crippen LogP contribution in [0.1, 0.15) is 71.4 Å². The maximum absolute atomic E-state index is 14.7. The quantitative estimate of drug-likeness (QED) is 0.410. The zero-order chi connectivity index (χ0) is 27.6. The standard InChI is InChI=1S/C33H35NO4/c1-19-20(2)22(4)28-24(21(19)3)17-18-26(29(28)35)33(23-13-9-8-10-14-23)25-15-11-12-16-27(25)34(30(33)36)31(37)38-32(5,6)7/h8-18,26,29,35H,1-7H3. The van der Waals surface area contributed by atoms with Crippen molar-refractivity contribution in [3.8, 4) is 0 Å². The van der Waals surface area contributed by atoms with Gasteiger partial charge in [-0.15, -0.1) is 0 Å². The third-order valence-electron chi connectivity index (χ3n) is 8.31. The lowest BCUT2D eigenvalue weighted by atomic mass is 9.61. The van der Waals surface area contributed by atoms with Gasteiger partial charge < -0.3 is 9.84 Å². The first-order valence-corrected chi connectivity index (χ1v) is 13.1. The normalized spacial score (nSPS) is 22.3. The van der Waals surface area contributed by atoms with Gasteiger partial charge in [-0.3, -0.25) is 4.79 Å². The Morgan fingerprint density at radius 3 is 2.16 bits per heavy atom. The van der Waals surface area contributed by atoms with Crippen LogP contribution >= 0.6 is 0 Å². The van der Waals surface area contributed by atoms with Crippen LogP contribution < -0.4 is 4.90 Å². The van der Waals surface area contributed by atoms with Crippen molar-refractivity contribution in [1.29, 1.82) is 0 Å². The van der Waals surface area contributed by atoms with E-state index in [0.717, 1.165) is 38.3 Å². The monoisotopic (exact) mass is 509 g/mol. The summed E-state index contributed by atoms with van der Waals surface area (Å²) in [5.41, 5.74) is 6.10. The summed E-state index contributed by atoms with van der Waals surface area (Å²) in [7, 11) is 0. The van der Waals surface area contributed by atoms with Gasteiger partial charge in [0, 0.05) is 5.92 Å². The fourth-order valence-electron chi connectivity index (χ4n) is 6.22. The van der Waals surface area contributed by atoms with Gasteiger partial charge in [0.2, 0.25) is 0 Å². The van der Waals surface area contributed by atoms with E-state index in [1.165, 1.54) is 5.56 Å². The zero-order valence-corrected chi connectivity index (χ0v) is 23.1. The summed E-state index contributed by atoms with van der Waals surface area (Å²) in [6.07, 6.45) is 2.30. The van der Waals surface area contributed by atoms with Crippen LogP contribution in [-0.2, 0) is 14.9 Å². The Bertz CT molecular complexity index is 1480. The number of benzene rings is 3. The lowest BCUT2D eigenvalue weighted by Crippen LogP contribution is -2.50. The van der Waals surface area contributed by atoms with Crippen molar-refractivity contribution in [3.63, 3.8) is 0 Å². The molecule has 5 heteroatoms. The van der Waals surface area contributed by atoms with Crippen molar-refractivity contribution < 1.29 is 19.4 Å². The molecule has 38 heavy (non-hydrogen) atoms. The van der Waals surface area contributed by atoms with Crippen LogP contribution in [0.15, 0.2) is 60.7 Å². The van der Waals surface area contributed by atoms with Crippen molar-refractivity contribution in [2.45, 2.75) is 65.6 Å². The minimum atomic E-state index is -1.33. The molecule has 3 atom stereocenters. The molecule has 0 aromatic heterocycles. The second kappa shape index (κ2) is 8.95. The smallest absolute Gasteiger partial charge is 0.421 e. The summed E-state index contributed by atoms with van der Waals surface area (Å²) in [6.45, 7) is 13.6. The molecule has 0 bridgehead atoms. The number of aliphatic hydroxyl groups is 1. The molecular formula is C33H35NO4. The van der Waals surface area contributed by atoms with Crippen LogP contribution in [0.3, 0.4) is 0 Å². The van der Waals surface area contributed by atoms with Crippen LogP contribution in [0.2, 0.25) is 0 Å². The number of amides is 2. The fraction of sp³-hybridized carbons (Fsp3) is 0.333. The van der Waals surface area contributed by atoms with Gasteiger partial charge in [0.25, 0.3) is 5.91 Å². The Balaban J connectivity index is 1.79. The van der Waals surface area contributed by atoms with Gasteiger partial charge in [-0.1, -0.05) is 60.7 Å². The molecule has 0 spiro atoms. The van der Waals surface area contributed by atoms with Crippen LogP contribution in [0, 0.1) is 33.6 Å². The highest BCUT2D eigenvalue weighted by Crippen LogP contribution is 2.56. The van der Waals surface area contributed by atoms with E-state index >= 15 is 0 Å². The molecule has 1 N–H and O–H groups in total. The highest BCUT2D eigenvalue weighted by molar-refractivity contribution is 6.23. The van der Waals surface area contributed by atoms with Gasteiger partial charge in [0.15, 0.2) is 0 Å². The average molecular weight is 510 g/mol. The van der Waals surface area contributed by atoms with Crippen molar-refractivity contribution in [2.75, 3.05) is 4.90 Å². The Morgan fingerprint density at radius 1 is 0.895 bits per heavy atom. The molecule has 0 saturated carbocycles. The summed E-state index contributed by atoms with van der Waals surface area (Å²) in [6, 6.07) is 16.8. The molecule has 2 aliphatic rings. The SMILES string of the molecule is Cc1c(C)c(C)c2c(c1C)C=CC(C1(c3ccccc3)C(=O)N(C(=O)OC(C)(C)C)c3ccccc31)C2O. The lowest BCUT2D eigenvalue weighted by Gasteiger charge is -2.41. The van der Waals surface area contributed by atoms with Gasteiger partial charge in [0.1, 0.15) is 11.0 Å². The van der Waals surface area contributed by atoms with Gasteiger partial charge in [-0.05, 0) is 99.0 Å². The first-order chi connectivity index (χ1) is 17.9. The van der Waals surface area contributed by atoms with E-state index in [0.29, 0.717) is 11.3 Å². The van der Waals surface area contributed by atoms with Crippen molar-refractivity contribution in [1.82, 2.24) is 0 Å². The number of anilines is 1. The summed E-state index contributed by atoms with van der Waals surface area (Å²) in [5.74, 6) is -1.08. The largest absolute Gasteiger partial charge is 0.443 e. The predicted octanol–water partition coefficient (Wildman–Crippen LogP) is 6.86. The first kappa shape index (κ1) is 25.9. The predicted molar refractivity (Wildman–Crippen MR) is 150 cm³/mol. The Labute approximate surface area is 224 Å².